The van der Waals surface area contributed by atoms with Crippen LogP contribution < -0.4 is 5.32 Å². The van der Waals surface area contributed by atoms with Crippen LogP contribution >= 0.6 is 0 Å². The van der Waals surface area contributed by atoms with E-state index in [2.05, 4.69) is 5.32 Å². The largest absolute Gasteiger partial charge is 0.313 e. The zero-order valence-electron chi connectivity index (χ0n) is 4.22. The minimum Gasteiger partial charge on any atom is -0.313 e. The molecule has 0 aromatic carbocycles. The molecule has 1 heterocycles. The van der Waals surface area contributed by atoms with E-state index in [9.17, 15) is 0 Å². The van der Waals surface area contributed by atoms with Crippen LogP contribution in [0.3, 0.4) is 0 Å². The Morgan fingerprint density at radius 1 is 1.14 bits per heavy atom. The summed E-state index contributed by atoms with van der Waals surface area (Å²) in [6, 6.07) is 1.00. The molecule has 2 saturated carbocycles. The SMILES string of the molecule is C1NC2C1[C@H]1CC21. The predicted molar refractivity (Wildman–Crippen MR) is 26.9 cm³/mol. The second-order valence-corrected chi connectivity index (χ2v) is 3.16. The Kier molecular flexibility index (Phi) is 0.288. The molecule has 1 nitrogen and oxygen atoms in total. The molecule has 3 aliphatic rings. The fourth-order valence-electron chi connectivity index (χ4n) is 2.27. The zero-order chi connectivity index (χ0) is 4.43. The maximum atomic E-state index is 3.44. The fraction of sp³-hybridized carbons (Fsp3) is 1.00. The Labute approximate surface area is 43.1 Å². The van der Waals surface area contributed by atoms with Crippen LogP contribution in [0.5, 0.6) is 0 Å². The van der Waals surface area contributed by atoms with E-state index < -0.39 is 0 Å². The van der Waals surface area contributed by atoms with Crippen molar-refractivity contribution in [2.45, 2.75) is 12.5 Å². The third-order valence-electron chi connectivity index (χ3n) is 2.95. The van der Waals surface area contributed by atoms with Gasteiger partial charge in [-0.3, -0.25) is 0 Å². The maximum absolute atomic E-state index is 3.44. The highest BCUT2D eigenvalue weighted by Crippen LogP contribution is 2.62. The molecular weight excluding hydrogens is 86.1 g/mol. The molecule has 0 spiro atoms. The van der Waals surface area contributed by atoms with Gasteiger partial charge < -0.3 is 5.32 Å². The fourth-order valence-corrected chi connectivity index (χ4v) is 2.27. The number of piperidine rings is 1. The van der Waals surface area contributed by atoms with E-state index in [0.717, 1.165) is 17.9 Å². The number of hydrogen-bond acceptors (Lipinski definition) is 1. The van der Waals surface area contributed by atoms with E-state index in [-0.39, 0.29) is 0 Å². The van der Waals surface area contributed by atoms with Crippen LogP contribution in [0.15, 0.2) is 0 Å². The summed E-state index contributed by atoms with van der Waals surface area (Å²) in [6.45, 7) is 1.34. The van der Waals surface area contributed by atoms with Crippen LogP contribution in [0.1, 0.15) is 6.42 Å². The maximum Gasteiger partial charge on any atom is 0.0141 e. The minimum absolute atomic E-state index is 1.00. The molecule has 0 amide bonds. The van der Waals surface area contributed by atoms with Crippen molar-refractivity contribution in [3.63, 3.8) is 0 Å². The summed E-state index contributed by atoms with van der Waals surface area (Å²) >= 11 is 0. The van der Waals surface area contributed by atoms with Gasteiger partial charge in [-0.05, 0) is 24.2 Å². The molecule has 2 aliphatic carbocycles. The summed E-state index contributed by atoms with van der Waals surface area (Å²) in [4.78, 5) is 0. The van der Waals surface area contributed by atoms with E-state index in [1.807, 2.05) is 0 Å². The number of rotatable bonds is 0. The van der Waals surface area contributed by atoms with Gasteiger partial charge in [0.15, 0.2) is 0 Å². The van der Waals surface area contributed by atoms with Crippen molar-refractivity contribution < 1.29 is 0 Å². The average molecular weight is 95.1 g/mol. The molecule has 7 heavy (non-hydrogen) atoms. The van der Waals surface area contributed by atoms with Crippen molar-refractivity contribution in [1.29, 1.82) is 0 Å². The second kappa shape index (κ2) is 0.655. The smallest absolute Gasteiger partial charge is 0.0141 e. The highest BCUT2D eigenvalue weighted by molar-refractivity contribution is 5.18. The first-order valence-electron chi connectivity index (χ1n) is 3.20. The highest BCUT2D eigenvalue weighted by atomic mass is 15.1. The van der Waals surface area contributed by atoms with E-state index in [4.69, 9.17) is 0 Å². The van der Waals surface area contributed by atoms with Gasteiger partial charge in [0.25, 0.3) is 0 Å². The van der Waals surface area contributed by atoms with Gasteiger partial charge in [-0.1, -0.05) is 0 Å². The number of hydrogen-bond donors (Lipinski definition) is 1. The molecule has 3 fully saturated rings. The normalized spacial score (nSPS) is 72.0. The van der Waals surface area contributed by atoms with Crippen molar-refractivity contribution in [1.82, 2.24) is 5.32 Å². The predicted octanol–water partition coefficient (Wildman–Crippen LogP) is 0.224. The van der Waals surface area contributed by atoms with Gasteiger partial charge >= 0.3 is 0 Å². The summed E-state index contributed by atoms with van der Waals surface area (Å²) in [7, 11) is 0. The summed E-state index contributed by atoms with van der Waals surface area (Å²) < 4.78 is 0. The topological polar surface area (TPSA) is 12.0 Å². The lowest BCUT2D eigenvalue weighted by molar-refractivity contribution is 0.0928. The molecule has 38 valence electrons. The molecule has 3 rings (SSSR count). The summed E-state index contributed by atoms with van der Waals surface area (Å²) in [5.74, 6) is 3.50. The van der Waals surface area contributed by atoms with Crippen molar-refractivity contribution in [2.24, 2.45) is 17.8 Å². The molecule has 0 radical (unpaired) electrons. The number of fused-ring (bicyclic) bond motifs is 4. The quantitative estimate of drug-likeness (QED) is 0.454. The van der Waals surface area contributed by atoms with Gasteiger partial charge in [-0.2, -0.15) is 0 Å². The molecule has 1 heteroatoms. The van der Waals surface area contributed by atoms with Gasteiger partial charge in [0, 0.05) is 12.6 Å². The van der Waals surface area contributed by atoms with Crippen LogP contribution in [-0.2, 0) is 0 Å². The molecular formula is C6H9N. The molecule has 4 atom stereocenters. The van der Waals surface area contributed by atoms with Crippen LogP contribution in [0, 0.1) is 17.8 Å². The van der Waals surface area contributed by atoms with Crippen molar-refractivity contribution in [2.75, 3.05) is 6.54 Å². The molecule has 0 bridgehead atoms. The molecule has 1 saturated heterocycles. The van der Waals surface area contributed by atoms with E-state index in [1.54, 1.807) is 6.42 Å². The average Bonchev–Trinajstić information content (AvgIpc) is 2.14. The van der Waals surface area contributed by atoms with E-state index >= 15 is 0 Å². The van der Waals surface area contributed by atoms with Gasteiger partial charge in [-0.15, -0.1) is 0 Å². The first-order valence-corrected chi connectivity index (χ1v) is 3.20. The molecule has 1 N–H and O–H groups in total. The zero-order valence-corrected chi connectivity index (χ0v) is 4.22. The summed E-state index contributed by atoms with van der Waals surface area (Å²) in [5.41, 5.74) is 0. The third kappa shape index (κ3) is 0.177. The first kappa shape index (κ1) is 3.08. The third-order valence-corrected chi connectivity index (χ3v) is 2.95. The molecule has 0 aromatic heterocycles. The lowest BCUT2D eigenvalue weighted by Gasteiger charge is -2.46. The standard InChI is InChI=1S/C6H9N/c1-3-4(1)6-5(3)2-7-6/h3-7H,1-2H2/t3-,4?,5?,6?/m0/s1. The van der Waals surface area contributed by atoms with Gasteiger partial charge in [0.2, 0.25) is 0 Å². The Balaban J connectivity index is 1.98. The molecule has 0 aromatic rings. The van der Waals surface area contributed by atoms with Crippen LogP contribution in [0.4, 0.5) is 0 Å². The van der Waals surface area contributed by atoms with Crippen molar-refractivity contribution in [3.8, 4) is 0 Å². The Bertz CT molecular complexity index is 107. The lowest BCUT2D eigenvalue weighted by atomic mass is 9.73. The first-order chi connectivity index (χ1) is 3.47. The minimum atomic E-state index is 1.00. The van der Waals surface area contributed by atoms with E-state index in [0.29, 0.717) is 0 Å². The van der Waals surface area contributed by atoms with Crippen LogP contribution in [-0.4, -0.2) is 12.6 Å². The summed E-state index contributed by atoms with van der Waals surface area (Å²) in [5, 5.41) is 3.44. The Hall–Kier alpha value is -0.0400. The van der Waals surface area contributed by atoms with E-state index in [1.165, 1.54) is 12.5 Å². The Morgan fingerprint density at radius 2 is 2.14 bits per heavy atom. The van der Waals surface area contributed by atoms with Crippen LogP contribution in [0.25, 0.3) is 0 Å². The second-order valence-electron chi connectivity index (χ2n) is 3.16. The van der Waals surface area contributed by atoms with Crippen molar-refractivity contribution in [3.05, 3.63) is 0 Å². The van der Waals surface area contributed by atoms with Gasteiger partial charge in [0.1, 0.15) is 0 Å². The van der Waals surface area contributed by atoms with Crippen LogP contribution in [0.2, 0.25) is 0 Å². The monoisotopic (exact) mass is 95.1 g/mol. The molecule has 3 unspecified atom stereocenters. The van der Waals surface area contributed by atoms with Gasteiger partial charge in [-0.25, -0.2) is 0 Å². The van der Waals surface area contributed by atoms with Gasteiger partial charge in [0.05, 0.1) is 0 Å². The highest BCUT2D eigenvalue weighted by Gasteiger charge is 2.64. The number of nitrogens with one attached hydrogen (secondary N) is 1. The molecule has 1 aliphatic heterocycles. The van der Waals surface area contributed by atoms with Crippen molar-refractivity contribution >= 4 is 0 Å². The Morgan fingerprint density at radius 3 is 2.43 bits per heavy atom. The summed E-state index contributed by atoms with van der Waals surface area (Å²) in [6.07, 6.45) is 1.56. The lowest BCUT2D eigenvalue weighted by Crippen LogP contribution is -2.61.